The van der Waals surface area contributed by atoms with Gasteiger partial charge in [-0.2, -0.15) is 5.10 Å². The molecule has 9 heteroatoms. The van der Waals surface area contributed by atoms with Crippen molar-refractivity contribution in [2.75, 3.05) is 10.6 Å². The quantitative estimate of drug-likeness (QED) is 0.351. The van der Waals surface area contributed by atoms with Crippen LogP contribution in [0.3, 0.4) is 0 Å². The second kappa shape index (κ2) is 7.91. The van der Waals surface area contributed by atoms with Gasteiger partial charge in [-0.1, -0.05) is 35.3 Å². The molecular formula is C21H19Cl2N5OS. The fourth-order valence-electron chi connectivity index (χ4n) is 2.90. The first kappa shape index (κ1) is 20.7. The maximum atomic E-state index is 12.7. The fraction of sp³-hybridized carbons (Fsp3) is 0.190. The summed E-state index contributed by atoms with van der Waals surface area (Å²) in [4.78, 5) is 17.1. The van der Waals surface area contributed by atoms with Gasteiger partial charge in [0.1, 0.15) is 5.69 Å². The number of carbonyl (C=O) groups is 1. The molecule has 2 N–H and O–H groups in total. The number of halogens is 2. The SMILES string of the molecule is CC(C)(C)n1cc(NC(=O)Nc2cccc(Cl)c2Cl)c(-c2ccc3scnc3c2)n1. The molecule has 2 aromatic carbocycles. The summed E-state index contributed by atoms with van der Waals surface area (Å²) in [6.07, 6.45) is 1.82. The molecule has 0 saturated heterocycles. The van der Waals surface area contributed by atoms with Gasteiger partial charge in [-0.3, -0.25) is 4.68 Å². The van der Waals surface area contributed by atoms with Crippen LogP contribution in [0, 0.1) is 0 Å². The highest BCUT2D eigenvalue weighted by molar-refractivity contribution is 7.16. The number of thiazole rings is 1. The van der Waals surface area contributed by atoms with E-state index in [0.29, 0.717) is 22.1 Å². The van der Waals surface area contributed by atoms with Gasteiger partial charge in [0.15, 0.2) is 0 Å². The van der Waals surface area contributed by atoms with Crippen molar-refractivity contribution in [2.45, 2.75) is 26.3 Å². The number of nitrogens with zero attached hydrogens (tertiary/aromatic N) is 3. The number of anilines is 2. The molecule has 0 unspecified atom stereocenters. The molecule has 30 heavy (non-hydrogen) atoms. The Labute approximate surface area is 187 Å². The van der Waals surface area contributed by atoms with Crippen LogP contribution in [0.15, 0.2) is 48.1 Å². The minimum atomic E-state index is -0.441. The third kappa shape index (κ3) is 4.14. The molecule has 0 aliphatic heterocycles. The average molecular weight is 460 g/mol. The Kier molecular flexibility index (Phi) is 5.44. The summed E-state index contributed by atoms with van der Waals surface area (Å²) in [5, 5.41) is 11.0. The van der Waals surface area contributed by atoms with Crippen molar-refractivity contribution in [3.8, 4) is 11.3 Å². The molecule has 0 aliphatic rings. The Morgan fingerprint density at radius 2 is 1.87 bits per heavy atom. The molecule has 4 rings (SSSR count). The van der Waals surface area contributed by atoms with Crippen molar-refractivity contribution in [1.82, 2.24) is 14.8 Å². The third-order valence-electron chi connectivity index (χ3n) is 4.45. The van der Waals surface area contributed by atoms with E-state index in [1.165, 1.54) is 0 Å². The lowest BCUT2D eigenvalue weighted by Crippen LogP contribution is -2.22. The summed E-state index contributed by atoms with van der Waals surface area (Å²) >= 11 is 13.8. The summed E-state index contributed by atoms with van der Waals surface area (Å²) in [5.74, 6) is 0. The zero-order chi connectivity index (χ0) is 21.5. The van der Waals surface area contributed by atoms with Crippen LogP contribution < -0.4 is 10.6 Å². The fourth-order valence-corrected chi connectivity index (χ4v) is 3.91. The van der Waals surface area contributed by atoms with Crippen LogP contribution in [0.4, 0.5) is 16.2 Å². The minimum absolute atomic E-state index is 0.258. The molecule has 2 amide bonds. The van der Waals surface area contributed by atoms with Gasteiger partial charge in [0.25, 0.3) is 0 Å². The van der Waals surface area contributed by atoms with E-state index in [-0.39, 0.29) is 10.6 Å². The van der Waals surface area contributed by atoms with Crippen molar-refractivity contribution < 1.29 is 4.79 Å². The van der Waals surface area contributed by atoms with E-state index in [1.54, 1.807) is 29.5 Å². The number of rotatable bonds is 3. The van der Waals surface area contributed by atoms with Crippen LogP contribution in [0.1, 0.15) is 20.8 Å². The van der Waals surface area contributed by atoms with Crippen LogP contribution in [-0.4, -0.2) is 20.8 Å². The first-order valence-electron chi connectivity index (χ1n) is 9.18. The summed E-state index contributed by atoms with van der Waals surface area (Å²) in [5.41, 5.74) is 4.98. The van der Waals surface area contributed by atoms with Gasteiger partial charge in [0.2, 0.25) is 0 Å². The van der Waals surface area contributed by atoms with Crippen molar-refractivity contribution in [3.05, 3.63) is 58.2 Å². The molecule has 154 valence electrons. The van der Waals surface area contributed by atoms with Gasteiger partial charge >= 0.3 is 6.03 Å². The van der Waals surface area contributed by atoms with E-state index in [1.807, 2.05) is 55.4 Å². The summed E-state index contributed by atoms with van der Waals surface area (Å²) < 4.78 is 2.92. The number of carbonyl (C=O) groups excluding carboxylic acids is 1. The lowest BCUT2D eigenvalue weighted by molar-refractivity contribution is 0.262. The molecule has 2 heterocycles. The Morgan fingerprint density at radius 3 is 2.63 bits per heavy atom. The topological polar surface area (TPSA) is 71.8 Å². The smallest absolute Gasteiger partial charge is 0.306 e. The molecule has 0 atom stereocenters. The second-order valence-corrected chi connectivity index (χ2v) is 9.39. The summed E-state index contributed by atoms with van der Waals surface area (Å²) in [6, 6.07) is 10.6. The second-order valence-electron chi connectivity index (χ2n) is 7.72. The highest BCUT2D eigenvalue weighted by atomic mass is 35.5. The summed E-state index contributed by atoms with van der Waals surface area (Å²) in [7, 11) is 0. The van der Waals surface area contributed by atoms with Crippen molar-refractivity contribution in [3.63, 3.8) is 0 Å². The van der Waals surface area contributed by atoms with E-state index in [4.69, 9.17) is 28.3 Å². The van der Waals surface area contributed by atoms with Crippen LogP contribution in [0.2, 0.25) is 10.0 Å². The third-order valence-corrected chi connectivity index (χ3v) is 6.08. The van der Waals surface area contributed by atoms with Crippen molar-refractivity contribution >= 4 is 62.2 Å². The van der Waals surface area contributed by atoms with Crippen LogP contribution in [0.5, 0.6) is 0 Å². The number of nitrogens with one attached hydrogen (secondary N) is 2. The van der Waals surface area contributed by atoms with Crippen molar-refractivity contribution in [2.24, 2.45) is 0 Å². The maximum absolute atomic E-state index is 12.7. The number of hydrogen-bond acceptors (Lipinski definition) is 4. The molecule has 0 spiro atoms. The van der Waals surface area contributed by atoms with E-state index >= 15 is 0 Å². The van der Waals surface area contributed by atoms with E-state index in [9.17, 15) is 4.79 Å². The van der Waals surface area contributed by atoms with E-state index in [2.05, 4.69) is 15.6 Å². The Hall–Kier alpha value is -2.61. The predicted molar refractivity (Wildman–Crippen MR) is 125 cm³/mol. The van der Waals surface area contributed by atoms with Gasteiger partial charge in [0.05, 0.1) is 42.7 Å². The molecule has 6 nitrogen and oxygen atoms in total. The van der Waals surface area contributed by atoms with Gasteiger partial charge in [-0.25, -0.2) is 9.78 Å². The molecule has 0 radical (unpaired) electrons. The van der Waals surface area contributed by atoms with E-state index in [0.717, 1.165) is 15.8 Å². The Morgan fingerprint density at radius 1 is 1.10 bits per heavy atom. The number of urea groups is 1. The molecule has 0 fully saturated rings. The zero-order valence-corrected chi connectivity index (χ0v) is 18.9. The lowest BCUT2D eigenvalue weighted by Gasteiger charge is -2.18. The monoisotopic (exact) mass is 459 g/mol. The van der Waals surface area contributed by atoms with Crippen molar-refractivity contribution in [1.29, 1.82) is 0 Å². The van der Waals surface area contributed by atoms with Crippen LogP contribution >= 0.6 is 34.5 Å². The molecule has 0 aliphatic carbocycles. The van der Waals surface area contributed by atoms with Gasteiger partial charge in [-0.15, -0.1) is 11.3 Å². The maximum Gasteiger partial charge on any atom is 0.323 e. The van der Waals surface area contributed by atoms with Gasteiger partial charge in [-0.05, 0) is 45.0 Å². The van der Waals surface area contributed by atoms with Gasteiger partial charge in [0, 0.05) is 11.8 Å². The standard InChI is InChI=1S/C21H19Cl2N5OS/c1-21(2,3)28-10-16(26-20(29)25-14-6-4-5-13(22)18(14)23)19(27-28)12-7-8-17-15(9-12)24-11-30-17/h4-11H,1-3H3,(H2,25,26,29). The lowest BCUT2D eigenvalue weighted by atomic mass is 10.1. The van der Waals surface area contributed by atoms with Gasteiger partial charge < -0.3 is 10.6 Å². The molecular weight excluding hydrogens is 441 g/mol. The molecule has 0 bridgehead atoms. The largest absolute Gasteiger partial charge is 0.323 e. The Bertz CT molecular complexity index is 1240. The molecule has 4 aromatic rings. The molecule has 2 aromatic heterocycles. The van der Waals surface area contributed by atoms with Crippen LogP contribution in [0.25, 0.3) is 21.5 Å². The average Bonchev–Trinajstić information content (AvgIpc) is 3.31. The first-order chi connectivity index (χ1) is 14.2. The predicted octanol–water partition coefficient (Wildman–Crippen LogP) is 6.87. The minimum Gasteiger partial charge on any atom is -0.306 e. The Balaban J connectivity index is 1.68. The van der Waals surface area contributed by atoms with E-state index < -0.39 is 6.03 Å². The number of benzene rings is 2. The zero-order valence-electron chi connectivity index (χ0n) is 16.5. The highest BCUT2D eigenvalue weighted by Gasteiger charge is 2.21. The number of hydrogen-bond donors (Lipinski definition) is 2. The molecule has 0 saturated carbocycles. The normalized spacial score (nSPS) is 11.6. The highest BCUT2D eigenvalue weighted by Crippen LogP contribution is 2.33. The summed E-state index contributed by atoms with van der Waals surface area (Å²) in [6.45, 7) is 6.13. The number of fused-ring (bicyclic) bond motifs is 1. The van der Waals surface area contributed by atoms with Crippen LogP contribution in [-0.2, 0) is 5.54 Å². The number of amides is 2. The number of aromatic nitrogens is 3. The first-order valence-corrected chi connectivity index (χ1v) is 10.8.